The first-order chi connectivity index (χ1) is 42.9. The largest absolute Gasteiger partial charge is 0.481 e. The van der Waals surface area contributed by atoms with Gasteiger partial charge in [0, 0.05) is 86.2 Å². The van der Waals surface area contributed by atoms with Gasteiger partial charge >= 0.3 is 17.9 Å². The predicted molar refractivity (Wildman–Crippen MR) is 366 cm³/mol. The van der Waals surface area contributed by atoms with Crippen LogP contribution in [0.3, 0.4) is 0 Å². The summed E-state index contributed by atoms with van der Waals surface area (Å²) >= 11 is 11.8. The molecule has 0 heterocycles. The maximum atomic E-state index is 12.4. The molecule has 0 aromatic heterocycles. The number of ether oxygens (including phenoxy) is 2. The van der Waals surface area contributed by atoms with Crippen molar-refractivity contribution in [3.05, 3.63) is 88.0 Å². The lowest BCUT2D eigenvalue weighted by Gasteiger charge is -2.26. The second kappa shape index (κ2) is 41.9. The molecule has 0 saturated heterocycles. The van der Waals surface area contributed by atoms with Gasteiger partial charge in [-0.1, -0.05) is 18.2 Å². The zero-order chi connectivity index (χ0) is 71.0. The third-order valence-electron chi connectivity index (χ3n) is 12.8. The summed E-state index contributed by atoms with van der Waals surface area (Å²) in [6.45, 7) is 18.3. The number of aryl methyl sites for hydroxylation is 3. The molecule has 0 amide bonds. The van der Waals surface area contributed by atoms with Crippen molar-refractivity contribution in [2.24, 2.45) is 5.73 Å². The summed E-state index contributed by atoms with van der Waals surface area (Å²) in [5, 5.41) is 14.7. The van der Waals surface area contributed by atoms with E-state index in [4.69, 9.17) is 60.2 Å². The van der Waals surface area contributed by atoms with Crippen molar-refractivity contribution in [3.8, 4) is 0 Å². The van der Waals surface area contributed by atoms with E-state index in [1.165, 1.54) is 14.8 Å². The van der Waals surface area contributed by atoms with Gasteiger partial charge in [0.25, 0.3) is 55.3 Å². The molecule has 0 aliphatic carbocycles. The van der Waals surface area contributed by atoms with E-state index < -0.39 is 75.7 Å². The summed E-state index contributed by atoms with van der Waals surface area (Å²) < 4.78 is 120. The fourth-order valence-corrected chi connectivity index (χ4v) is 10.7. The Morgan fingerprint density at radius 1 is 0.516 bits per heavy atom. The molecule has 3 atom stereocenters. The molecule has 3 rings (SSSR count). The molecular formula is C59H94B2Cl2N6O20S4. The first kappa shape index (κ1) is 86.1. The Hall–Kier alpha value is -4.96. The Labute approximate surface area is 562 Å². The van der Waals surface area contributed by atoms with Gasteiger partial charge in [0.1, 0.15) is 11.2 Å². The van der Waals surface area contributed by atoms with E-state index in [1.54, 1.807) is 46.4 Å². The highest BCUT2D eigenvalue weighted by Gasteiger charge is 2.25. The van der Waals surface area contributed by atoms with Crippen LogP contribution < -0.4 is 30.9 Å². The van der Waals surface area contributed by atoms with Crippen molar-refractivity contribution in [3.63, 3.8) is 0 Å². The highest BCUT2D eigenvalue weighted by atomic mass is 35.5. The average Bonchev–Trinajstić information content (AvgIpc) is 1.30. The van der Waals surface area contributed by atoms with E-state index >= 15 is 0 Å². The molecule has 0 bridgehead atoms. The van der Waals surface area contributed by atoms with Crippen molar-refractivity contribution in [2.45, 2.75) is 130 Å². The number of aliphatic carboxylic acids is 1. The second-order valence-corrected chi connectivity index (χ2v) is 31.0. The number of nitrogens with two attached hydrogens (primary N) is 1. The topological polar surface area (TPSA) is 357 Å². The van der Waals surface area contributed by atoms with Crippen LogP contribution in [0.1, 0.15) is 94.2 Å². The summed E-state index contributed by atoms with van der Waals surface area (Å²) in [6, 6.07) is 15.9. The molecule has 2 radical (unpaired) electrons. The van der Waals surface area contributed by atoms with Crippen molar-refractivity contribution >= 4 is 126 Å². The van der Waals surface area contributed by atoms with Gasteiger partial charge in [-0.25, -0.2) is 0 Å². The number of anilines is 3. The van der Waals surface area contributed by atoms with Gasteiger partial charge in [0.05, 0.1) is 83.1 Å². The fraction of sp³-hybridized carbons (Fsp3) is 0.610. The predicted octanol–water partition coefficient (Wildman–Crippen LogP) is 4.21. The first-order valence-corrected chi connectivity index (χ1v) is 37.8. The monoisotopic (exact) mass is 1430 g/mol. The first-order valence-electron chi connectivity index (χ1n) is 29.5. The van der Waals surface area contributed by atoms with Crippen LogP contribution in [-0.2, 0) is 110 Å². The summed E-state index contributed by atoms with van der Waals surface area (Å²) in [4.78, 5) is 62.8. The van der Waals surface area contributed by atoms with E-state index in [-0.39, 0.29) is 70.8 Å². The fourth-order valence-electron chi connectivity index (χ4n) is 8.74. The molecule has 0 aliphatic rings. The number of hydrogen-bond acceptors (Lipinski definition) is 25. The van der Waals surface area contributed by atoms with Crippen molar-refractivity contribution in [2.75, 3.05) is 117 Å². The van der Waals surface area contributed by atoms with Gasteiger partial charge in [0.15, 0.2) is 0 Å². The lowest BCUT2D eigenvalue weighted by atomic mass is 9.91. The third kappa shape index (κ3) is 42.3. The zero-order valence-electron chi connectivity index (χ0n) is 55.5. The molecule has 0 saturated carbocycles. The standard InChI is InChI=1S/C22H36BN2O9S2.C21H33BClN2O6S.C16H25ClN2O5S/c1-17-7-8-20(25(9-11-32-35(5,28)29)10-12-33-36(6,30)31)14-18(17)13-19(24-23-16-26)15-21(27)34-22(2,3)4;1-16-6-7-19(25(9-8-23)10-11-30-32(5,28)29)13-17(16)12-18(24-22-15-26)14-20(27)31-21(2,3)4;1-12-3-4-15(10-13(12)9-14(18)11-16(20)21)19(6-5-17)7-8-24-25(2,22)23/h7-8,14,16,19,24H,9-13,15H2,1-6H3;6-7,13,15,18,24H,8-12,14H2,1-5H3;3-4,10,14H,5-9,11,18H2,1-2H3,(H,20,21)/t19-;18-;14-/m000/s1. The van der Waals surface area contributed by atoms with Crippen LogP contribution >= 0.6 is 23.2 Å². The number of halogens is 2. The third-order valence-corrected chi connectivity index (χ3v) is 15.5. The van der Waals surface area contributed by atoms with Crippen molar-refractivity contribution < 1.29 is 89.0 Å². The maximum Gasteiger partial charge on any atom is 0.307 e. The smallest absolute Gasteiger partial charge is 0.307 e. The minimum atomic E-state index is -3.65. The molecule has 0 fully saturated rings. The van der Waals surface area contributed by atoms with Crippen LogP contribution in [0.4, 0.5) is 17.1 Å². The van der Waals surface area contributed by atoms with E-state index in [2.05, 4.69) is 10.5 Å². The number of nitrogens with zero attached hydrogens (tertiary/aromatic N) is 3. The van der Waals surface area contributed by atoms with Crippen LogP contribution in [0, 0.1) is 20.8 Å². The van der Waals surface area contributed by atoms with E-state index in [0.717, 1.165) is 69.8 Å². The van der Waals surface area contributed by atoms with Crippen LogP contribution in [0.15, 0.2) is 54.6 Å². The number of carbonyl (C=O) groups is 5. The van der Waals surface area contributed by atoms with Crippen LogP contribution in [0.25, 0.3) is 0 Å². The lowest BCUT2D eigenvalue weighted by Crippen LogP contribution is -2.38. The average molecular weight is 1430 g/mol. The Morgan fingerprint density at radius 2 is 0.796 bits per heavy atom. The second-order valence-electron chi connectivity index (χ2n) is 23.7. The van der Waals surface area contributed by atoms with Crippen LogP contribution in [-0.4, -0.2) is 216 Å². The number of nitrogens with one attached hydrogen (secondary N) is 2. The molecule has 0 spiro atoms. The number of rotatable bonds is 41. The summed E-state index contributed by atoms with van der Waals surface area (Å²) in [7, 11) is -11.8. The van der Waals surface area contributed by atoms with E-state index in [9.17, 15) is 57.6 Å². The molecule has 3 aromatic carbocycles. The number of benzene rings is 3. The van der Waals surface area contributed by atoms with Crippen molar-refractivity contribution in [1.82, 2.24) is 10.5 Å². The van der Waals surface area contributed by atoms with Gasteiger partial charge in [-0.3, -0.25) is 31.1 Å². The molecular weight excluding hydrogens is 1330 g/mol. The molecule has 3 aromatic rings. The lowest BCUT2D eigenvalue weighted by molar-refractivity contribution is -0.156. The van der Waals surface area contributed by atoms with Gasteiger partial charge in [-0.2, -0.15) is 33.7 Å². The SMILES string of the molecule is Cc1ccc(N(CCCl)CCOS(C)(=O)=O)cc1C[C@@H](CC(=O)OC(C)(C)C)N[B]C=O.Cc1ccc(N(CCCl)CCOS(C)(=O)=O)cc1C[C@H](N)CC(=O)O.Cc1ccc(N(CCOS(C)(=O)=O)CCOS(C)(=O)=O)cc1C[C@@H](CC(=O)OC(C)(C)C)N[B]C=O. The normalized spacial score (nSPS) is 12.9. The zero-order valence-corrected chi connectivity index (χ0v) is 60.3. The highest BCUT2D eigenvalue weighted by Crippen LogP contribution is 2.25. The maximum absolute atomic E-state index is 12.4. The van der Waals surface area contributed by atoms with E-state index in [1.807, 2.05) is 85.2 Å². The minimum absolute atomic E-state index is 0.00997. The summed E-state index contributed by atoms with van der Waals surface area (Å²) in [5.74, 6) is -0.960. The molecule has 0 aliphatic heterocycles. The van der Waals surface area contributed by atoms with Gasteiger partial charge in [-0.05, 0) is 151 Å². The molecule has 0 unspecified atom stereocenters. The minimum Gasteiger partial charge on any atom is -0.481 e. The Morgan fingerprint density at radius 3 is 1.04 bits per heavy atom. The number of carboxylic acids is 1. The molecule has 26 nitrogen and oxygen atoms in total. The Kier molecular flexibility index (Phi) is 38.7. The quantitative estimate of drug-likeness (QED) is 0.0203. The summed E-state index contributed by atoms with van der Waals surface area (Å²) in [6.07, 6.45) is 6.48. The Bertz CT molecular complexity index is 3270. The molecule has 93 heavy (non-hydrogen) atoms. The molecule has 5 N–H and O–H groups in total. The van der Waals surface area contributed by atoms with Gasteiger partial charge < -0.3 is 55.1 Å². The number of alkyl halides is 2. The van der Waals surface area contributed by atoms with Crippen molar-refractivity contribution in [1.29, 1.82) is 0 Å². The highest BCUT2D eigenvalue weighted by molar-refractivity contribution is 7.86. The number of carbonyl (C=O) groups excluding carboxylic acids is 4. The Balaban J connectivity index is 0.000000709. The number of esters is 2. The van der Waals surface area contributed by atoms with Gasteiger partial charge in [0.2, 0.25) is 0 Å². The van der Waals surface area contributed by atoms with E-state index in [0.29, 0.717) is 75.3 Å². The number of carboxylic acid groups (broad SMARTS) is 1. The number of hydrogen-bond donors (Lipinski definition) is 4. The van der Waals surface area contributed by atoms with Crippen LogP contribution in [0.2, 0.25) is 0 Å². The van der Waals surface area contributed by atoms with Gasteiger partial charge in [-0.15, -0.1) is 23.2 Å². The summed E-state index contributed by atoms with van der Waals surface area (Å²) in [5.41, 5.74) is 12.8. The van der Waals surface area contributed by atoms with Crippen LogP contribution in [0.5, 0.6) is 0 Å². The molecule has 524 valence electrons. The molecule has 34 heteroatoms.